The maximum absolute atomic E-state index is 13.7. The molecule has 4 nitrogen and oxygen atoms in total. The molecular weight excluding hydrogens is 233 g/mol. The van der Waals surface area contributed by atoms with Crippen LogP contribution in [0.2, 0.25) is 0 Å². The largest absolute Gasteiger partial charge is 0.398 e. The maximum Gasteiger partial charge on any atom is 0.250 e. The molecule has 100 valence electrons. The van der Waals surface area contributed by atoms with Crippen molar-refractivity contribution in [2.75, 3.05) is 11.1 Å². The highest BCUT2D eigenvalue weighted by Crippen LogP contribution is 2.24. The van der Waals surface area contributed by atoms with E-state index in [1.165, 1.54) is 6.07 Å². The summed E-state index contributed by atoms with van der Waals surface area (Å²) in [5, 5.41) is 3.04. The number of amides is 1. The molecule has 1 aromatic rings. The second kappa shape index (κ2) is 5.71. The molecule has 5 N–H and O–H groups in total. The van der Waals surface area contributed by atoms with Crippen LogP contribution in [0, 0.1) is 11.7 Å². The fraction of sp³-hybridized carbons (Fsp3) is 0.462. The molecule has 5 heteroatoms. The Morgan fingerprint density at radius 1 is 1.44 bits per heavy atom. The highest BCUT2D eigenvalue weighted by molar-refractivity contribution is 5.99. The van der Waals surface area contributed by atoms with Crippen LogP contribution in [0.1, 0.15) is 37.6 Å². The summed E-state index contributed by atoms with van der Waals surface area (Å²) in [6, 6.07) is 2.58. The van der Waals surface area contributed by atoms with Crippen LogP contribution in [-0.4, -0.2) is 11.9 Å². The highest BCUT2D eigenvalue weighted by Gasteiger charge is 2.15. The zero-order valence-corrected chi connectivity index (χ0v) is 11.0. The van der Waals surface area contributed by atoms with E-state index >= 15 is 0 Å². The van der Waals surface area contributed by atoms with Crippen molar-refractivity contribution >= 4 is 17.3 Å². The van der Waals surface area contributed by atoms with E-state index in [1.54, 1.807) is 0 Å². The number of nitrogen functional groups attached to an aromatic ring is 1. The van der Waals surface area contributed by atoms with Crippen molar-refractivity contribution < 1.29 is 9.18 Å². The van der Waals surface area contributed by atoms with Gasteiger partial charge in [-0.2, -0.15) is 0 Å². The van der Waals surface area contributed by atoms with Crippen LogP contribution in [0.15, 0.2) is 12.1 Å². The lowest BCUT2D eigenvalue weighted by molar-refractivity contribution is 0.100. The van der Waals surface area contributed by atoms with E-state index in [1.807, 2.05) is 6.92 Å². The molecule has 0 aromatic heterocycles. The Hall–Kier alpha value is -1.78. The molecule has 0 saturated carbocycles. The summed E-state index contributed by atoms with van der Waals surface area (Å²) in [4.78, 5) is 11.2. The molecule has 0 radical (unpaired) electrons. The van der Waals surface area contributed by atoms with E-state index in [0.29, 0.717) is 5.92 Å². The number of rotatable bonds is 5. The summed E-state index contributed by atoms with van der Waals surface area (Å²) in [6.45, 7) is 6.10. The van der Waals surface area contributed by atoms with E-state index in [4.69, 9.17) is 11.5 Å². The first-order chi connectivity index (χ1) is 8.36. The second-order valence-electron chi connectivity index (χ2n) is 4.60. The van der Waals surface area contributed by atoms with Crippen LogP contribution in [0.4, 0.5) is 15.8 Å². The van der Waals surface area contributed by atoms with E-state index in [9.17, 15) is 9.18 Å². The summed E-state index contributed by atoms with van der Waals surface area (Å²) in [7, 11) is 0. The Morgan fingerprint density at radius 2 is 2.06 bits per heavy atom. The average Bonchev–Trinajstić information content (AvgIpc) is 2.30. The topological polar surface area (TPSA) is 81.1 Å². The third kappa shape index (κ3) is 3.12. The van der Waals surface area contributed by atoms with Gasteiger partial charge in [0.25, 0.3) is 5.91 Å². The van der Waals surface area contributed by atoms with Crippen LogP contribution in [0.3, 0.4) is 0 Å². The van der Waals surface area contributed by atoms with Gasteiger partial charge in [0.15, 0.2) is 0 Å². The smallest absolute Gasteiger partial charge is 0.250 e. The zero-order valence-electron chi connectivity index (χ0n) is 11.0. The maximum atomic E-state index is 13.7. The van der Waals surface area contributed by atoms with E-state index in [0.717, 1.165) is 12.5 Å². The molecular formula is C13H20FN3O. The normalized spacial score (nSPS) is 14.0. The Labute approximate surface area is 107 Å². The molecule has 1 amide bonds. The Balaban J connectivity index is 3.02. The second-order valence-corrected chi connectivity index (χ2v) is 4.60. The van der Waals surface area contributed by atoms with Gasteiger partial charge in [0.2, 0.25) is 0 Å². The van der Waals surface area contributed by atoms with Gasteiger partial charge in [0, 0.05) is 11.7 Å². The van der Waals surface area contributed by atoms with Crippen molar-refractivity contribution in [1.82, 2.24) is 0 Å². The van der Waals surface area contributed by atoms with E-state index < -0.39 is 11.7 Å². The SMILES string of the molecule is CCC(C)C(C)Nc1cc(C(N)=O)c(N)cc1F. The molecule has 1 rings (SSSR count). The molecule has 0 aliphatic heterocycles. The summed E-state index contributed by atoms with van der Waals surface area (Å²) in [5.41, 5.74) is 11.2. The molecule has 0 fully saturated rings. The first-order valence-corrected chi connectivity index (χ1v) is 6.02. The van der Waals surface area contributed by atoms with Gasteiger partial charge in [-0.25, -0.2) is 4.39 Å². The third-order valence-electron chi connectivity index (χ3n) is 3.29. The molecule has 0 aliphatic rings. The number of benzene rings is 1. The van der Waals surface area contributed by atoms with Crippen molar-refractivity contribution in [3.63, 3.8) is 0 Å². The summed E-state index contributed by atoms with van der Waals surface area (Å²) < 4.78 is 13.7. The van der Waals surface area contributed by atoms with Gasteiger partial charge in [-0.05, 0) is 25.0 Å². The van der Waals surface area contributed by atoms with Gasteiger partial charge in [-0.15, -0.1) is 0 Å². The first-order valence-electron chi connectivity index (χ1n) is 6.02. The van der Waals surface area contributed by atoms with Gasteiger partial charge in [-0.1, -0.05) is 20.3 Å². The van der Waals surface area contributed by atoms with Crippen molar-refractivity contribution in [1.29, 1.82) is 0 Å². The molecule has 2 unspecified atom stereocenters. The summed E-state index contributed by atoms with van der Waals surface area (Å²) in [5.74, 6) is -0.752. The van der Waals surface area contributed by atoms with Gasteiger partial charge < -0.3 is 16.8 Å². The fourth-order valence-corrected chi connectivity index (χ4v) is 1.65. The van der Waals surface area contributed by atoms with Crippen molar-refractivity contribution in [2.24, 2.45) is 11.7 Å². The van der Waals surface area contributed by atoms with Crippen molar-refractivity contribution in [3.8, 4) is 0 Å². The number of primary amides is 1. The first kappa shape index (κ1) is 14.3. The fourth-order valence-electron chi connectivity index (χ4n) is 1.65. The van der Waals surface area contributed by atoms with E-state index in [-0.39, 0.29) is 23.0 Å². The lowest BCUT2D eigenvalue weighted by Gasteiger charge is -2.22. The standard InChI is InChI=1S/C13H20FN3O/c1-4-7(2)8(3)17-12-5-9(13(16)18)11(15)6-10(12)14/h5-8,17H,4,15H2,1-3H3,(H2,16,18). The predicted octanol–water partition coefficient (Wildman–Crippen LogP) is 2.35. The number of carbonyl (C=O) groups is 1. The number of nitrogens with one attached hydrogen (secondary N) is 1. The minimum Gasteiger partial charge on any atom is -0.398 e. The Bertz CT molecular complexity index is 448. The third-order valence-corrected chi connectivity index (χ3v) is 3.29. The molecule has 0 aliphatic carbocycles. The molecule has 1 aromatic carbocycles. The van der Waals surface area contributed by atoms with Crippen LogP contribution in [-0.2, 0) is 0 Å². The number of carbonyl (C=O) groups excluding carboxylic acids is 1. The summed E-state index contributed by atoms with van der Waals surface area (Å²) >= 11 is 0. The number of hydrogen-bond acceptors (Lipinski definition) is 3. The van der Waals surface area contributed by atoms with E-state index in [2.05, 4.69) is 19.2 Å². The minimum absolute atomic E-state index is 0.0572. The lowest BCUT2D eigenvalue weighted by Crippen LogP contribution is -2.24. The van der Waals surface area contributed by atoms with Crippen molar-refractivity contribution in [2.45, 2.75) is 33.2 Å². The number of halogens is 1. The predicted molar refractivity (Wildman–Crippen MR) is 71.9 cm³/mol. The van der Waals surface area contributed by atoms with Gasteiger partial charge in [-0.3, -0.25) is 4.79 Å². The quantitative estimate of drug-likeness (QED) is 0.704. The van der Waals surface area contributed by atoms with Crippen LogP contribution >= 0.6 is 0 Å². The Morgan fingerprint density at radius 3 is 2.56 bits per heavy atom. The number of hydrogen-bond donors (Lipinski definition) is 3. The monoisotopic (exact) mass is 253 g/mol. The minimum atomic E-state index is -0.660. The van der Waals surface area contributed by atoms with Crippen molar-refractivity contribution in [3.05, 3.63) is 23.5 Å². The van der Waals surface area contributed by atoms with Gasteiger partial charge >= 0.3 is 0 Å². The van der Waals surface area contributed by atoms with Crippen LogP contribution in [0.25, 0.3) is 0 Å². The Kier molecular flexibility index (Phi) is 4.53. The van der Waals surface area contributed by atoms with Crippen LogP contribution in [0.5, 0.6) is 0 Å². The number of anilines is 2. The average molecular weight is 253 g/mol. The lowest BCUT2D eigenvalue weighted by atomic mass is 10.0. The van der Waals surface area contributed by atoms with Gasteiger partial charge in [0.05, 0.1) is 11.3 Å². The molecule has 18 heavy (non-hydrogen) atoms. The zero-order chi connectivity index (χ0) is 13.9. The highest BCUT2D eigenvalue weighted by atomic mass is 19.1. The molecule has 0 heterocycles. The molecule has 2 atom stereocenters. The molecule has 0 spiro atoms. The molecule has 0 bridgehead atoms. The summed E-state index contributed by atoms with van der Waals surface area (Å²) in [6.07, 6.45) is 0.980. The van der Waals surface area contributed by atoms with Gasteiger partial charge in [0.1, 0.15) is 5.82 Å². The van der Waals surface area contributed by atoms with Crippen LogP contribution < -0.4 is 16.8 Å². The molecule has 0 saturated heterocycles. The number of nitrogens with two attached hydrogens (primary N) is 2.